The Labute approximate surface area is 101 Å². The summed E-state index contributed by atoms with van der Waals surface area (Å²) in [4.78, 5) is 25.0. The van der Waals surface area contributed by atoms with Gasteiger partial charge in [-0.15, -0.1) is 0 Å². The van der Waals surface area contributed by atoms with Gasteiger partial charge in [0.2, 0.25) is 11.8 Å². The highest BCUT2D eigenvalue weighted by Crippen LogP contribution is 2.07. The molecule has 6 heteroatoms. The molecule has 6 nitrogen and oxygen atoms in total. The predicted octanol–water partition coefficient (Wildman–Crippen LogP) is -1.29. The first-order valence-corrected chi connectivity index (χ1v) is 6.07. The number of hydrogen-bond donors (Lipinski definition) is 2. The Morgan fingerprint density at radius 1 is 1.53 bits per heavy atom. The van der Waals surface area contributed by atoms with E-state index in [4.69, 9.17) is 4.74 Å². The molecule has 0 saturated carbocycles. The summed E-state index contributed by atoms with van der Waals surface area (Å²) in [5.41, 5.74) is 0. The molecule has 2 unspecified atom stereocenters. The van der Waals surface area contributed by atoms with Gasteiger partial charge in [-0.25, -0.2) is 0 Å². The molecule has 2 saturated heterocycles. The van der Waals surface area contributed by atoms with Crippen LogP contribution in [0.4, 0.5) is 0 Å². The van der Waals surface area contributed by atoms with Crippen LogP contribution in [0.2, 0.25) is 0 Å². The molecule has 2 atom stereocenters. The summed E-state index contributed by atoms with van der Waals surface area (Å²) in [7, 11) is 0. The molecule has 0 spiro atoms. The van der Waals surface area contributed by atoms with Gasteiger partial charge in [-0.1, -0.05) is 0 Å². The average molecular weight is 241 g/mol. The Morgan fingerprint density at radius 3 is 3.06 bits per heavy atom. The lowest BCUT2D eigenvalue weighted by molar-refractivity contribution is -0.135. The van der Waals surface area contributed by atoms with Crippen molar-refractivity contribution in [2.75, 3.05) is 32.8 Å². The summed E-state index contributed by atoms with van der Waals surface area (Å²) in [5.74, 6) is 0.00367. The van der Waals surface area contributed by atoms with Gasteiger partial charge in [-0.05, 0) is 13.3 Å². The molecule has 17 heavy (non-hydrogen) atoms. The normalized spacial score (nSPS) is 30.6. The molecule has 2 rings (SSSR count). The standard InChI is InChI=1S/C11H19N3O3/c1-8-7-14(3-2-4-17-8)11(16)9-5-13-10(15)6-12-9/h8-9,12H,2-7H2,1H3,(H,13,15). The Bertz CT molecular complexity index is 298. The maximum Gasteiger partial charge on any atom is 0.241 e. The molecule has 2 aliphatic rings. The van der Waals surface area contributed by atoms with Crippen molar-refractivity contribution in [3.8, 4) is 0 Å². The van der Waals surface area contributed by atoms with Crippen LogP contribution in [-0.4, -0.2) is 61.6 Å². The van der Waals surface area contributed by atoms with Crippen molar-refractivity contribution in [1.82, 2.24) is 15.5 Å². The fourth-order valence-electron chi connectivity index (χ4n) is 2.16. The third-order valence-electron chi connectivity index (χ3n) is 3.07. The lowest BCUT2D eigenvalue weighted by Crippen LogP contribution is -2.59. The third-order valence-corrected chi connectivity index (χ3v) is 3.07. The lowest BCUT2D eigenvalue weighted by atomic mass is 10.2. The number of nitrogens with one attached hydrogen (secondary N) is 2. The summed E-state index contributed by atoms with van der Waals surface area (Å²) in [5, 5.41) is 5.66. The molecular weight excluding hydrogens is 222 g/mol. The molecule has 0 aromatic carbocycles. The summed E-state index contributed by atoms with van der Waals surface area (Å²) >= 11 is 0. The van der Waals surface area contributed by atoms with Gasteiger partial charge >= 0.3 is 0 Å². The van der Waals surface area contributed by atoms with Crippen LogP contribution in [0, 0.1) is 0 Å². The van der Waals surface area contributed by atoms with Crippen LogP contribution in [-0.2, 0) is 14.3 Å². The second-order valence-electron chi connectivity index (χ2n) is 4.56. The minimum Gasteiger partial charge on any atom is -0.377 e. The van der Waals surface area contributed by atoms with Crippen LogP contribution < -0.4 is 10.6 Å². The number of carbonyl (C=O) groups is 2. The van der Waals surface area contributed by atoms with Crippen molar-refractivity contribution >= 4 is 11.8 Å². The molecule has 2 heterocycles. The highest BCUT2D eigenvalue weighted by molar-refractivity contribution is 5.86. The molecule has 96 valence electrons. The molecule has 0 radical (unpaired) electrons. The van der Waals surface area contributed by atoms with E-state index in [-0.39, 0.29) is 30.5 Å². The summed E-state index contributed by atoms with van der Waals surface area (Å²) in [6.45, 7) is 4.64. The minimum absolute atomic E-state index is 0.0541. The van der Waals surface area contributed by atoms with E-state index < -0.39 is 0 Å². The number of nitrogens with zero attached hydrogens (tertiary/aromatic N) is 1. The molecule has 0 bridgehead atoms. The van der Waals surface area contributed by atoms with Gasteiger partial charge in [-0.3, -0.25) is 14.9 Å². The monoisotopic (exact) mass is 241 g/mol. The summed E-state index contributed by atoms with van der Waals surface area (Å²) in [6, 6.07) is -0.294. The second kappa shape index (κ2) is 5.46. The maximum atomic E-state index is 12.2. The number of piperazine rings is 1. The second-order valence-corrected chi connectivity index (χ2v) is 4.56. The van der Waals surface area contributed by atoms with Gasteiger partial charge in [0.05, 0.1) is 12.6 Å². The number of rotatable bonds is 1. The van der Waals surface area contributed by atoms with Gasteiger partial charge in [0.25, 0.3) is 0 Å². The van der Waals surface area contributed by atoms with Crippen molar-refractivity contribution in [2.45, 2.75) is 25.5 Å². The van der Waals surface area contributed by atoms with Crippen molar-refractivity contribution < 1.29 is 14.3 Å². The Balaban J connectivity index is 1.91. The van der Waals surface area contributed by atoms with E-state index in [1.807, 2.05) is 11.8 Å². The first-order chi connectivity index (χ1) is 8.16. The number of hydrogen-bond acceptors (Lipinski definition) is 4. The van der Waals surface area contributed by atoms with Crippen LogP contribution in [0.15, 0.2) is 0 Å². The quantitative estimate of drug-likeness (QED) is 0.599. The molecule has 2 aliphatic heterocycles. The van der Waals surface area contributed by atoms with Gasteiger partial charge < -0.3 is 15.0 Å². The SMILES string of the molecule is CC1CN(C(=O)C2CNC(=O)CN2)CCCO1. The molecular formula is C11H19N3O3. The first-order valence-electron chi connectivity index (χ1n) is 6.07. The summed E-state index contributed by atoms with van der Waals surface area (Å²) < 4.78 is 5.50. The van der Waals surface area contributed by atoms with E-state index in [1.165, 1.54) is 0 Å². The number of ether oxygens (including phenoxy) is 1. The van der Waals surface area contributed by atoms with Crippen LogP contribution in [0.25, 0.3) is 0 Å². The maximum absolute atomic E-state index is 12.2. The predicted molar refractivity (Wildman–Crippen MR) is 61.4 cm³/mol. The van der Waals surface area contributed by atoms with Gasteiger partial charge in [0.15, 0.2) is 0 Å². The molecule has 2 N–H and O–H groups in total. The van der Waals surface area contributed by atoms with E-state index in [0.717, 1.165) is 13.0 Å². The zero-order valence-electron chi connectivity index (χ0n) is 10.1. The zero-order chi connectivity index (χ0) is 12.3. The van der Waals surface area contributed by atoms with Crippen molar-refractivity contribution in [3.05, 3.63) is 0 Å². The van der Waals surface area contributed by atoms with Crippen LogP contribution in [0.5, 0.6) is 0 Å². The smallest absolute Gasteiger partial charge is 0.241 e. The van der Waals surface area contributed by atoms with Gasteiger partial charge in [-0.2, -0.15) is 0 Å². The number of amides is 2. The Morgan fingerprint density at radius 2 is 2.35 bits per heavy atom. The average Bonchev–Trinajstić information content (AvgIpc) is 2.54. The highest BCUT2D eigenvalue weighted by Gasteiger charge is 2.29. The van der Waals surface area contributed by atoms with E-state index in [0.29, 0.717) is 19.7 Å². The van der Waals surface area contributed by atoms with E-state index in [1.54, 1.807) is 0 Å². The van der Waals surface area contributed by atoms with Gasteiger partial charge in [0, 0.05) is 26.2 Å². The first kappa shape index (κ1) is 12.3. The fourth-order valence-corrected chi connectivity index (χ4v) is 2.16. The Hall–Kier alpha value is -1.14. The van der Waals surface area contributed by atoms with Crippen molar-refractivity contribution in [3.63, 3.8) is 0 Å². The van der Waals surface area contributed by atoms with Crippen LogP contribution in [0.3, 0.4) is 0 Å². The van der Waals surface area contributed by atoms with E-state index in [9.17, 15) is 9.59 Å². The zero-order valence-corrected chi connectivity index (χ0v) is 10.1. The topological polar surface area (TPSA) is 70.7 Å². The van der Waals surface area contributed by atoms with E-state index >= 15 is 0 Å². The van der Waals surface area contributed by atoms with E-state index in [2.05, 4.69) is 10.6 Å². The fraction of sp³-hybridized carbons (Fsp3) is 0.818. The Kier molecular flexibility index (Phi) is 3.96. The highest BCUT2D eigenvalue weighted by atomic mass is 16.5. The third kappa shape index (κ3) is 3.17. The van der Waals surface area contributed by atoms with Crippen molar-refractivity contribution in [2.24, 2.45) is 0 Å². The lowest BCUT2D eigenvalue weighted by Gasteiger charge is -2.30. The molecule has 0 aliphatic carbocycles. The molecule has 2 amide bonds. The van der Waals surface area contributed by atoms with Crippen LogP contribution >= 0.6 is 0 Å². The molecule has 0 aromatic rings. The number of carbonyl (C=O) groups excluding carboxylic acids is 2. The van der Waals surface area contributed by atoms with Gasteiger partial charge in [0.1, 0.15) is 6.04 Å². The van der Waals surface area contributed by atoms with Crippen molar-refractivity contribution in [1.29, 1.82) is 0 Å². The largest absolute Gasteiger partial charge is 0.377 e. The minimum atomic E-state index is -0.294. The molecule has 0 aromatic heterocycles. The summed E-state index contributed by atoms with van der Waals surface area (Å²) in [6.07, 6.45) is 0.953. The van der Waals surface area contributed by atoms with Crippen LogP contribution in [0.1, 0.15) is 13.3 Å². The molecule has 2 fully saturated rings.